The molecule has 0 amide bonds. The third kappa shape index (κ3) is 2.40. The van der Waals surface area contributed by atoms with Crippen LogP contribution in [0.1, 0.15) is 44.6 Å². The van der Waals surface area contributed by atoms with Gasteiger partial charge in [-0.15, -0.1) is 0 Å². The van der Waals surface area contributed by atoms with Crippen molar-refractivity contribution in [2.75, 3.05) is 23.7 Å². The topological polar surface area (TPSA) is 55.0 Å². The second-order valence-electron chi connectivity index (χ2n) is 5.95. The SMILES string of the molecule is CCc1c(N)ncnc1N1CCC2CCCCC2C1. The molecule has 1 saturated carbocycles. The van der Waals surface area contributed by atoms with Crippen molar-refractivity contribution in [1.82, 2.24) is 9.97 Å². The van der Waals surface area contributed by atoms with E-state index in [0.717, 1.165) is 42.7 Å². The van der Waals surface area contributed by atoms with E-state index >= 15 is 0 Å². The number of anilines is 2. The molecule has 1 aliphatic heterocycles. The molecule has 1 aliphatic carbocycles. The molecule has 1 aromatic rings. The first kappa shape index (κ1) is 12.7. The minimum Gasteiger partial charge on any atom is -0.383 e. The summed E-state index contributed by atoms with van der Waals surface area (Å²) in [6.45, 7) is 4.42. The van der Waals surface area contributed by atoms with E-state index in [4.69, 9.17) is 5.73 Å². The molecule has 0 radical (unpaired) electrons. The maximum absolute atomic E-state index is 5.99. The number of fused-ring (bicyclic) bond motifs is 1. The summed E-state index contributed by atoms with van der Waals surface area (Å²) in [6, 6.07) is 0. The average Bonchev–Trinajstić information content (AvgIpc) is 2.46. The summed E-state index contributed by atoms with van der Waals surface area (Å²) in [6.07, 6.45) is 9.50. The van der Waals surface area contributed by atoms with Gasteiger partial charge in [0.1, 0.15) is 18.0 Å². The highest BCUT2D eigenvalue weighted by molar-refractivity contribution is 5.56. The number of nitrogens with two attached hydrogens (primary N) is 1. The van der Waals surface area contributed by atoms with Crippen LogP contribution in [0.2, 0.25) is 0 Å². The fraction of sp³-hybridized carbons (Fsp3) is 0.733. The monoisotopic (exact) mass is 260 g/mol. The van der Waals surface area contributed by atoms with E-state index < -0.39 is 0 Å². The van der Waals surface area contributed by atoms with Gasteiger partial charge in [-0.1, -0.05) is 26.2 Å². The van der Waals surface area contributed by atoms with Crippen LogP contribution in [0.15, 0.2) is 6.33 Å². The summed E-state index contributed by atoms with van der Waals surface area (Å²) in [5, 5.41) is 0. The van der Waals surface area contributed by atoms with Gasteiger partial charge >= 0.3 is 0 Å². The third-order valence-corrected chi connectivity index (χ3v) is 4.90. The molecule has 0 spiro atoms. The molecule has 4 nitrogen and oxygen atoms in total. The lowest BCUT2D eigenvalue weighted by Crippen LogP contribution is -2.42. The van der Waals surface area contributed by atoms with Crippen LogP contribution in [0.5, 0.6) is 0 Å². The molecule has 104 valence electrons. The number of hydrogen-bond donors (Lipinski definition) is 1. The first-order valence-electron chi connectivity index (χ1n) is 7.64. The number of nitrogens with zero attached hydrogens (tertiary/aromatic N) is 3. The van der Waals surface area contributed by atoms with E-state index in [9.17, 15) is 0 Å². The maximum Gasteiger partial charge on any atom is 0.137 e. The zero-order valence-electron chi connectivity index (χ0n) is 11.8. The minimum atomic E-state index is 0.651. The van der Waals surface area contributed by atoms with Gasteiger partial charge in [-0.25, -0.2) is 9.97 Å². The predicted octanol–water partition coefficient (Wildman–Crippen LogP) is 2.64. The van der Waals surface area contributed by atoms with Gasteiger partial charge in [-0.2, -0.15) is 0 Å². The highest BCUT2D eigenvalue weighted by Gasteiger charge is 2.32. The fourth-order valence-corrected chi connectivity index (χ4v) is 3.82. The first-order valence-corrected chi connectivity index (χ1v) is 7.64. The Kier molecular flexibility index (Phi) is 3.58. The Morgan fingerprint density at radius 2 is 2.00 bits per heavy atom. The smallest absolute Gasteiger partial charge is 0.137 e. The summed E-state index contributed by atoms with van der Waals surface area (Å²) in [5.41, 5.74) is 7.11. The van der Waals surface area contributed by atoms with Gasteiger partial charge in [0.25, 0.3) is 0 Å². The molecule has 2 N–H and O–H groups in total. The second-order valence-corrected chi connectivity index (χ2v) is 5.95. The zero-order valence-corrected chi connectivity index (χ0v) is 11.8. The van der Waals surface area contributed by atoms with Crippen LogP contribution < -0.4 is 10.6 Å². The van der Waals surface area contributed by atoms with Crippen molar-refractivity contribution < 1.29 is 0 Å². The highest BCUT2D eigenvalue weighted by atomic mass is 15.2. The van der Waals surface area contributed by atoms with Gasteiger partial charge in [0.2, 0.25) is 0 Å². The van der Waals surface area contributed by atoms with Crippen LogP contribution in [-0.2, 0) is 6.42 Å². The van der Waals surface area contributed by atoms with Gasteiger partial charge in [-0.3, -0.25) is 0 Å². The quantitative estimate of drug-likeness (QED) is 0.888. The molecular formula is C15H24N4. The lowest BCUT2D eigenvalue weighted by Gasteiger charge is -2.42. The number of nitrogen functional groups attached to an aromatic ring is 1. The van der Waals surface area contributed by atoms with Crippen molar-refractivity contribution in [1.29, 1.82) is 0 Å². The van der Waals surface area contributed by atoms with Crippen molar-refractivity contribution >= 4 is 11.6 Å². The van der Waals surface area contributed by atoms with Crippen molar-refractivity contribution in [3.8, 4) is 0 Å². The van der Waals surface area contributed by atoms with E-state index in [0.29, 0.717) is 5.82 Å². The van der Waals surface area contributed by atoms with Gasteiger partial charge < -0.3 is 10.6 Å². The molecule has 0 bridgehead atoms. The second kappa shape index (κ2) is 5.35. The van der Waals surface area contributed by atoms with Crippen LogP contribution in [0.25, 0.3) is 0 Å². The largest absolute Gasteiger partial charge is 0.383 e. The maximum atomic E-state index is 5.99. The molecule has 1 saturated heterocycles. The molecule has 2 aliphatic rings. The zero-order chi connectivity index (χ0) is 13.2. The normalized spacial score (nSPS) is 27.1. The number of aromatic nitrogens is 2. The predicted molar refractivity (Wildman–Crippen MR) is 78.1 cm³/mol. The summed E-state index contributed by atoms with van der Waals surface area (Å²) >= 11 is 0. The minimum absolute atomic E-state index is 0.651. The van der Waals surface area contributed by atoms with Gasteiger partial charge in [0.05, 0.1) is 0 Å². The summed E-state index contributed by atoms with van der Waals surface area (Å²) < 4.78 is 0. The molecule has 2 fully saturated rings. The fourth-order valence-electron chi connectivity index (χ4n) is 3.82. The molecular weight excluding hydrogens is 236 g/mol. The first-order chi connectivity index (χ1) is 9.29. The van der Waals surface area contributed by atoms with Crippen molar-refractivity contribution in [2.45, 2.75) is 45.4 Å². The third-order valence-electron chi connectivity index (χ3n) is 4.90. The van der Waals surface area contributed by atoms with Crippen LogP contribution in [0, 0.1) is 11.8 Å². The van der Waals surface area contributed by atoms with E-state index in [1.807, 2.05) is 0 Å². The van der Waals surface area contributed by atoms with Crippen molar-refractivity contribution in [3.05, 3.63) is 11.9 Å². The van der Waals surface area contributed by atoms with Crippen LogP contribution in [0.3, 0.4) is 0 Å². The van der Waals surface area contributed by atoms with Crippen LogP contribution in [-0.4, -0.2) is 23.1 Å². The summed E-state index contributed by atoms with van der Waals surface area (Å²) in [4.78, 5) is 11.1. The van der Waals surface area contributed by atoms with Gasteiger partial charge in [0.15, 0.2) is 0 Å². The Hall–Kier alpha value is -1.32. The van der Waals surface area contributed by atoms with Crippen LogP contribution in [0.4, 0.5) is 11.6 Å². The average molecular weight is 260 g/mol. The molecule has 2 heterocycles. The summed E-state index contributed by atoms with van der Waals surface area (Å²) in [7, 11) is 0. The lowest BCUT2D eigenvalue weighted by molar-refractivity contribution is 0.202. The van der Waals surface area contributed by atoms with E-state index in [2.05, 4.69) is 21.8 Å². The van der Waals surface area contributed by atoms with E-state index in [1.165, 1.54) is 32.1 Å². The summed E-state index contributed by atoms with van der Waals surface area (Å²) in [5.74, 6) is 3.55. The molecule has 0 aromatic carbocycles. The van der Waals surface area contributed by atoms with Crippen molar-refractivity contribution in [2.24, 2.45) is 11.8 Å². The van der Waals surface area contributed by atoms with E-state index in [-0.39, 0.29) is 0 Å². The van der Waals surface area contributed by atoms with Gasteiger partial charge in [-0.05, 0) is 31.1 Å². The molecule has 2 atom stereocenters. The van der Waals surface area contributed by atoms with Crippen LogP contribution >= 0.6 is 0 Å². The standard InChI is InChI=1S/C15H24N4/c1-2-13-14(16)17-10-18-15(13)19-8-7-11-5-3-4-6-12(11)9-19/h10-12H,2-9H2,1H3,(H2,16,17,18). The van der Waals surface area contributed by atoms with Crippen molar-refractivity contribution in [3.63, 3.8) is 0 Å². The molecule has 2 unspecified atom stereocenters. The Balaban J connectivity index is 1.81. The molecule has 4 heteroatoms. The Labute approximate surface area is 115 Å². The number of hydrogen-bond acceptors (Lipinski definition) is 4. The molecule has 19 heavy (non-hydrogen) atoms. The Morgan fingerprint density at radius 1 is 1.21 bits per heavy atom. The Bertz CT molecular complexity index is 446. The molecule has 1 aromatic heterocycles. The number of rotatable bonds is 2. The molecule has 3 rings (SSSR count). The highest BCUT2D eigenvalue weighted by Crippen LogP contribution is 2.38. The van der Waals surface area contributed by atoms with E-state index in [1.54, 1.807) is 6.33 Å². The number of piperidine rings is 1. The Morgan fingerprint density at radius 3 is 2.79 bits per heavy atom. The lowest BCUT2D eigenvalue weighted by atomic mass is 9.75. The van der Waals surface area contributed by atoms with Gasteiger partial charge in [0, 0.05) is 18.7 Å².